The number of aliphatic hydroxyl groups is 1. The minimum atomic E-state index is -0.405. The molecule has 0 saturated carbocycles. The topological polar surface area (TPSA) is 73.6 Å². The van der Waals surface area contributed by atoms with E-state index in [1.807, 2.05) is 0 Å². The number of aliphatic hydroxyl groups excluding tert-OH is 1. The normalized spacial score (nSPS) is 20.3. The van der Waals surface area contributed by atoms with Crippen LogP contribution in [0.2, 0.25) is 0 Å². The van der Waals surface area contributed by atoms with Crippen LogP contribution in [0, 0.1) is 6.92 Å². The fourth-order valence-electron chi connectivity index (χ4n) is 1.71. The number of fused-ring (bicyclic) bond motifs is 1. The van der Waals surface area contributed by atoms with Crippen molar-refractivity contribution in [2.24, 2.45) is 0 Å². The molecule has 6 heteroatoms. The van der Waals surface area contributed by atoms with Gasteiger partial charge in [-0.05, 0) is 6.92 Å². The number of methoxy groups -OCH3 is 1. The van der Waals surface area contributed by atoms with E-state index >= 15 is 0 Å². The van der Waals surface area contributed by atoms with Gasteiger partial charge in [-0.2, -0.15) is 4.98 Å². The number of aromatic nitrogens is 2. The zero-order valence-electron chi connectivity index (χ0n) is 9.21. The van der Waals surface area contributed by atoms with E-state index in [2.05, 4.69) is 4.98 Å². The fraction of sp³-hybridized carbons (Fsp3) is 0.600. The molecule has 0 saturated heterocycles. The summed E-state index contributed by atoms with van der Waals surface area (Å²) in [6.45, 7) is 2.11. The Labute approximate surface area is 92.4 Å². The lowest BCUT2D eigenvalue weighted by Crippen LogP contribution is -2.35. The summed E-state index contributed by atoms with van der Waals surface area (Å²) < 4.78 is 12.3. The number of ether oxygens (including phenoxy) is 2. The molecule has 0 aliphatic carbocycles. The van der Waals surface area contributed by atoms with Gasteiger partial charge in [0.1, 0.15) is 12.2 Å². The quantitative estimate of drug-likeness (QED) is 0.739. The van der Waals surface area contributed by atoms with E-state index in [1.54, 1.807) is 17.7 Å². The molecule has 2 rings (SSSR count). The van der Waals surface area contributed by atoms with Crippen molar-refractivity contribution in [3.63, 3.8) is 0 Å². The summed E-state index contributed by atoms with van der Waals surface area (Å²) in [6, 6.07) is 0.288. The maximum atomic E-state index is 11.3. The van der Waals surface area contributed by atoms with Crippen molar-refractivity contribution >= 4 is 0 Å². The minimum Gasteiger partial charge on any atom is -0.456 e. The van der Waals surface area contributed by atoms with Gasteiger partial charge in [0.05, 0.1) is 13.2 Å². The van der Waals surface area contributed by atoms with E-state index in [9.17, 15) is 4.79 Å². The Morgan fingerprint density at radius 3 is 3.19 bits per heavy atom. The number of hydrogen-bond donors (Lipinski definition) is 1. The van der Waals surface area contributed by atoms with Crippen molar-refractivity contribution in [2.45, 2.75) is 25.7 Å². The summed E-state index contributed by atoms with van der Waals surface area (Å²) >= 11 is 0. The average molecular weight is 226 g/mol. The molecule has 0 radical (unpaired) electrons. The maximum absolute atomic E-state index is 11.3. The van der Waals surface area contributed by atoms with Gasteiger partial charge in [-0.15, -0.1) is 0 Å². The van der Waals surface area contributed by atoms with Crippen molar-refractivity contribution in [2.75, 3.05) is 13.7 Å². The van der Waals surface area contributed by atoms with Crippen LogP contribution in [0.3, 0.4) is 0 Å². The minimum absolute atomic E-state index is 0.126. The van der Waals surface area contributed by atoms with Gasteiger partial charge in [0.25, 0.3) is 11.6 Å². The van der Waals surface area contributed by atoms with E-state index in [-0.39, 0.29) is 24.3 Å². The molecule has 0 bridgehead atoms. The lowest BCUT2D eigenvalue weighted by Gasteiger charge is -2.17. The standard InChI is InChI=1S/C10H14N2O4/c1-6-3-12-4-7(8(5-13)15-2)16-10(12)11-9(6)14/h3,7-8,13H,4-5H2,1-2H3. The lowest BCUT2D eigenvalue weighted by atomic mass is 10.2. The highest BCUT2D eigenvalue weighted by Gasteiger charge is 2.30. The molecule has 16 heavy (non-hydrogen) atoms. The van der Waals surface area contributed by atoms with E-state index in [4.69, 9.17) is 14.6 Å². The zero-order chi connectivity index (χ0) is 11.7. The number of rotatable bonds is 3. The van der Waals surface area contributed by atoms with E-state index in [0.29, 0.717) is 12.1 Å². The first kappa shape index (κ1) is 11.1. The third-order valence-electron chi connectivity index (χ3n) is 2.66. The lowest BCUT2D eigenvalue weighted by molar-refractivity contribution is -0.0233. The zero-order valence-corrected chi connectivity index (χ0v) is 9.21. The van der Waals surface area contributed by atoms with Crippen LogP contribution in [0.1, 0.15) is 5.56 Å². The Morgan fingerprint density at radius 2 is 2.56 bits per heavy atom. The van der Waals surface area contributed by atoms with Gasteiger partial charge >= 0.3 is 0 Å². The summed E-state index contributed by atoms with van der Waals surface area (Å²) in [6.07, 6.45) is 0.996. The molecule has 1 aromatic heterocycles. The first-order valence-corrected chi connectivity index (χ1v) is 5.04. The molecular formula is C10H14N2O4. The highest BCUT2D eigenvalue weighted by atomic mass is 16.6. The average Bonchev–Trinajstić information content (AvgIpc) is 2.63. The van der Waals surface area contributed by atoms with Crippen LogP contribution in [-0.4, -0.2) is 40.6 Å². The summed E-state index contributed by atoms with van der Waals surface area (Å²) in [5, 5.41) is 9.08. The Morgan fingerprint density at radius 1 is 1.81 bits per heavy atom. The van der Waals surface area contributed by atoms with Gasteiger partial charge in [-0.1, -0.05) is 0 Å². The van der Waals surface area contributed by atoms with Gasteiger partial charge in [0, 0.05) is 18.9 Å². The predicted molar refractivity (Wildman–Crippen MR) is 55.5 cm³/mol. The first-order valence-electron chi connectivity index (χ1n) is 5.04. The fourth-order valence-corrected chi connectivity index (χ4v) is 1.71. The highest BCUT2D eigenvalue weighted by Crippen LogP contribution is 2.20. The Kier molecular flexibility index (Phi) is 2.93. The second-order valence-electron chi connectivity index (χ2n) is 3.78. The Balaban J connectivity index is 2.24. The molecule has 2 heterocycles. The monoisotopic (exact) mass is 226 g/mol. The molecule has 0 fully saturated rings. The van der Waals surface area contributed by atoms with E-state index in [0.717, 1.165) is 0 Å². The molecule has 2 atom stereocenters. The molecule has 0 aromatic carbocycles. The van der Waals surface area contributed by atoms with Gasteiger partial charge in [0.2, 0.25) is 0 Å². The summed E-state index contributed by atoms with van der Waals surface area (Å²) in [5.41, 5.74) is 0.288. The predicted octanol–water partition coefficient (Wildman–Crippen LogP) is -0.680. The largest absolute Gasteiger partial charge is 0.456 e. The molecule has 88 valence electrons. The summed E-state index contributed by atoms with van der Waals surface area (Å²) in [5.74, 6) is 0. The van der Waals surface area contributed by atoms with Gasteiger partial charge < -0.3 is 14.6 Å². The summed E-state index contributed by atoms with van der Waals surface area (Å²) in [4.78, 5) is 15.1. The molecule has 6 nitrogen and oxygen atoms in total. The number of aryl methyl sites for hydroxylation is 1. The van der Waals surface area contributed by atoms with Crippen molar-refractivity contribution in [1.82, 2.24) is 9.55 Å². The van der Waals surface area contributed by atoms with Crippen LogP contribution >= 0.6 is 0 Å². The van der Waals surface area contributed by atoms with Crippen LogP contribution in [0.15, 0.2) is 11.0 Å². The highest BCUT2D eigenvalue weighted by molar-refractivity contribution is 5.11. The van der Waals surface area contributed by atoms with Crippen molar-refractivity contribution < 1.29 is 14.6 Å². The summed E-state index contributed by atoms with van der Waals surface area (Å²) in [7, 11) is 1.51. The first-order chi connectivity index (χ1) is 7.65. The molecule has 2 unspecified atom stereocenters. The van der Waals surface area contributed by atoms with Crippen LogP contribution < -0.4 is 10.3 Å². The van der Waals surface area contributed by atoms with Crippen molar-refractivity contribution in [3.05, 3.63) is 22.1 Å². The molecule has 1 N–H and O–H groups in total. The molecule has 1 aliphatic heterocycles. The Hall–Kier alpha value is -1.40. The third-order valence-corrected chi connectivity index (χ3v) is 2.66. The number of nitrogens with zero attached hydrogens (tertiary/aromatic N) is 2. The Bertz CT molecular complexity index is 439. The van der Waals surface area contributed by atoms with Gasteiger partial charge in [-0.25, -0.2) is 0 Å². The van der Waals surface area contributed by atoms with E-state index in [1.165, 1.54) is 7.11 Å². The van der Waals surface area contributed by atoms with Crippen LogP contribution in [0.25, 0.3) is 0 Å². The van der Waals surface area contributed by atoms with Crippen LogP contribution in [-0.2, 0) is 11.3 Å². The SMILES string of the molecule is COC(CO)C1Cn2cc(C)c(=O)nc2O1. The van der Waals surface area contributed by atoms with Crippen molar-refractivity contribution in [1.29, 1.82) is 0 Å². The molecule has 1 aliphatic rings. The van der Waals surface area contributed by atoms with Gasteiger partial charge in [-0.3, -0.25) is 9.36 Å². The van der Waals surface area contributed by atoms with Crippen LogP contribution in [0.4, 0.5) is 0 Å². The maximum Gasteiger partial charge on any atom is 0.300 e. The smallest absolute Gasteiger partial charge is 0.300 e. The molecular weight excluding hydrogens is 212 g/mol. The second kappa shape index (κ2) is 4.23. The molecule has 1 aromatic rings. The second-order valence-corrected chi connectivity index (χ2v) is 3.78. The molecule has 0 amide bonds. The van der Waals surface area contributed by atoms with E-state index < -0.39 is 6.10 Å². The van der Waals surface area contributed by atoms with Gasteiger partial charge in [0.15, 0.2) is 0 Å². The third kappa shape index (κ3) is 1.81. The van der Waals surface area contributed by atoms with Crippen LogP contribution in [0.5, 0.6) is 6.01 Å². The van der Waals surface area contributed by atoms with Crippen molar-refractivity contribution in [3.8, 4) is 6.01 Å². The molecule has 0 spiro atoms. The number of hydrogen-bond acceptors (Lipinski definition) is 5.